The van der Waals surface area contributed by atoms with Crippen LogP contribution in [0.25, 0.3) is 0 Å². The summed E-state index contributed by atoms with van der Waals surface area (Å²) in [6.07, 6.45) is 2.36. The lowest BCUT2D eigenvalue weighted by molar-refractivity contribution is -0.137. The fraction of sp³-hybridized carbons (Fsp3) is 0.381. The second kappa shape index (κ2) is 7.60. The first-order valence-corrected chi connectivity index (χ1v) is 8.56. The molecule has 0 saturated carbocycles. The van der Waals surface area contributed by atoms with Crippen molar-refractivity contribution >= 4 is 5.97 Å². The summed E-state index contributed by atoms with van der Waals surface area (Å²) in [5.74, 6) is -0.250. The smallest absolute Gasteiger partial charge is 0.303 e. The molecule has 0 fully saturated rings. The molecule has 0 saturated heterocycles. The number of hydrogen-bond acceptors (Lipinski definition) is 3. The zero-order chi connectivity index (χ0) is 18.6. The molecule has 0 aliphatic carbocycles. The van der Waals surface area contributed by atoms with E-state index in [9.17, 15) is 15.0 Å². The zero-order valence-electron chi connectivity index (χ0n) is 15.0. The van der Waals surface area contributed by atoms with Crippen LogP contribution in [-0.4, -0.2) is 21.3 Å². The second-order valence-electron chi connectivity index (χ2n) is 6.94. The first-order chi connectivity index (χ1) is 11.7. The molecule has 0 unspecified atom stereocenters. The van der Waals surface area contributed by atoms with Gasteiger partial charge in [0.1, 0.15) is 11.5 Å². The van der Waals surface area contributed by atoms with E-state index in [4.69, 9.17) is 5.11 Å². The van der Waals surface area contributed by atoms with Gasteiger partial charge in [-0.15, -0.1) is 0 Å². The first-order valence-electron chi connectivity index (χ1n) is 8.56. The number of phenols is 2. The van der Waals surface area contributed by atoms with Crippen molar-refractivity contribution in [3.05, 3.63) is 58.7 Å². The van der Waals surface area contributed by atoms with E-state index in [1.807, 2.05) is 38.1 Å². The van der Waals surface area contributed by atoms with Gasteiger partial charge in [-0.25, -0.2) is 0 Å². The monoisotopic (exact) mass is 342 g/mol. The summed E-state index contributed by atoms with van der Waals surface area (Å²) in [5.41, 5.74) is 3.44. The van der Waals surface area contributed by atoms with Crippen molar-refractivity contribution in [3.63, 3.8) is 0 Å². The van der Waals surface area contributed by atoms with Gasteiger partial charge in [0.2, 0.25) is 0 Å². The molecule has 0 spiro atoms. The zero-order valence-corrected chi connectivity index (χ0v) is 15.0. The first kappa shape index (κ1) is 18.8. The van der Waals surface area contributed by atoms with Crippen molar-refractivity contribution in [3.8, 4) is 11.5 Å². The molecule has 134 valence electrons. The lowest BCUT2D eigenvalue weighted by Crippen LogP contribution is -2.24. The van der Waals surface area contributed by atoms with Gasteiger partial charge in [0, 0.05) is 11.8 Å². The average Bonchev–Trinajstić information content (AvgIpc) is 2.56. The van der Waals surface area contributed by atoms with Crippen LogP contribution in [0.3, 0.4) is 0 Å². The molecule has 4 nitrogen and oxygen atoms in total. The number of rotatable bonds is 7. The average molecular weight is 342 g/mol. The molecule has 4 heteroatoms. The molecule has 0 radical (unpaired) electrons. The van der Waals surface area contributed by atoms with Crippen LogP contribution in [0.4, 0.5) is 0 Å². The Kier molecular flexibility index (Phi) is 5.73. The van der Waals surface area contributed by atoms with Crippen LogP contribution in [0.5, 0.6) is 11.5 Å². The van der Waals surface area contributed by atoms with E-state index in [0.29, 0.717) is 6.42 Å². The van der Waals surface area contributed by atoms with Gasteiger partial charge in [-0.1, -0.05) is 37.6 Å². The Labute approximate surface area is 148 Å². The normalized spacial score (nSPS) is 11.5. The van der Waals surface area contributed by atoms with E-state index in [2.05, 4.69) is 6.92 Å². The number of benzene rings is 2. The molecular formula is C21H26O4. The van der Waals surface area contributed by atoms with E-state index in [-0.39, 0.29) is 23.3 Å². The van der Waals surface area contributed by atoms with Gasteiger partial charge < -0.3 is 15.3 Å². The van der Waals surface area contributed by atoms with Crippen LogP contribution in [0.1, 0.15) is 54.9 Å². The number of aliphatic carboxylic acids is 1. The number of phenolic OH excluding ortho intramolecular Hbond substituents is 2. The Morgan fingerprint density at radius 1 is 0.920 bits per heavy atom. The number of carboxylic acids is 1. The summed E-state index contributed by atoms with van der Waals surface area (Å²) in [6, 6.07) is 11.2. The highest BCUT2D eigenvalue weighted by molar-refractivity contribution is 5.66. The molecule has 0 heterocycles. The van der Waals surface area contributed by atoms with Crippen LogP contribution in [-0.2, 0) is 10.2 Å². The summed E-state index contributed by atoms with van der Waals surface area (Å²) in [5, 5.41) is 28.5. The van der Waals surface area contributed by atoms with Crippen LogP contribution in [0.2, 0.25) is 0 Å². The maximum Gasteiger partial charge on any atom is 0.303 e. The molecule has 25 heavy (non-hydrogen) atoms. The molecule has 0 aromatic heterocycles. The van der Waals surface area contributed by atoms with Gasteiger partial charge in [-0.3, -0.25) is 4.79 Å². The molecule has 0 aliphatic heterocycles. The fourth-order valence-electron chi connectivity index (χ4n) is 3.21. The summed E-state index contributed by atoms with van der Waals surface area (Å²) < 4.78 is 0. The SMILES string of the molecule is Cc1cc(C(C)(CCCCC(=O)O)c2ccc(O)c(C)c2)ccc1O. The molecule has 2 aromatic rings. The van der Waals surface area contributed by atoms with Crippen LogP contribution < -0.4 is 0 Å². The minimum absolute atomic E-state index is 0.166. The van der Waals surface area contributed by atoms with E-state index in [0.717, 1.165) is 35.1 Å². The standard InChI is InChI=1S/C21H26O4/c1-14-12-16(7-9-18(14)22)21(3,11-5-4-6-20(24)25)17-8-10-19(23)15(2)13-17/h7-10,12-13,22-23H,4-6,11H2,1-3H3,(H,24,25). The van der Waals surface area contributed by atoms with Crippen molar-refractivity contribution < 1.29 is 20.1 Å². The maximum absolute atomic E-state index is 10.8. The lowest BCUT2D eigenvalue weighted by Gasteiger charge is -2.32. The largest absolute Gasteiger partial charge is 0.508 e. The van der Waals surface area contributed by atoms with Crippen LogP contribution in [0, 0.1) is 13.8 Å². The number of carboxylic acid groups (broad SMARTS) is 1. The number of carbonyl (C=O) groups is 1. The molecule has 3 N–H and O–H groups in total. The van der Waals surface area contributed by atoms with Crippen LogP contribution >= 0.6 is 0 Å². The fourth-order valence-corrected chi connectivity index (χ4v) is 3.21. The van der Waals surface area contributed by atoms with Crippen molar-refractivity contribution in [2.75, 3.05) is 0 Å². The Bertz CT molecular complexity index is 713. The summed E-state index contributed by atoms with van der Waals surface area (Å²) in [6.45, 7) is 5.86. The van der Waals surface area contributed by atoms with Crippen molar-refractivity contribution in [2.24, 2.45) is 0 Å². The second-order valence-corrected chi connectivity index (χ2v) is 6.94. The number of hydrogen-bond donors (Lipinski definition) is 3. The Balaban J connectivity index is 2.40. The van der Waals surface area contributed by atoms with Crippen molar-refractivity contribution in [1.82, 2.24) is 0 Å². The minimum atomic E-state index is -0.775. The quantitative estimate of drug-likeness (QED) is 0.639. The van der Waals surface area contributed by atoms with Gasteiger partial charge in [-0.05, 0) is 61.1 Å². The van der Waals surface area contributed by atoms with Gasteiger partial charge in [-0.2, -0.15) is 0 Å². The molecule has 0 atom stereocenters. The van der Waals surface area contributed by atoms with E-state index >= 15 is 0 Å². The highest BCUT2D eigenvalue weighted by Crippen LogP contribution is 2.39. The Morgan fingerprint density at radius 2 is 1.40 bits per heavy atom. The Morgan fingerprint density at radius 3 is 1.80 bits per heavy atom. The predicted octanol–water partition coefficient (Wildman–Crippen LogP) is 4.67. The third-order valence-corrected chi connectivity index (χ3v) is 4.99. The number of unbranched alkanes of at least 4 members (excludes halogenated alkanes) is 1. The van der Waals surface area contributed by atoms with Gasteiger partial charge in [0.25, 0.3) is 0 Å². The summed E-state index contributed by atoms with van der Waals surface area (Å²) >= 11 is 0. The topological polar surface area (TPSA) is 77.8 Å². The summed E-state index contributed by atoms with van der Waals surface area (Å²) in [7, 11) is 0. The molecule has 0 bridgehead atoms. The van der Waals surface area contributed by atoms with Gasteiger partial charge in [0.15, 0.2) is 0 Å². The lowest BCUT2D eigenvalue weighted by atomic mass is 9.72. The van der Waals surface area contributed by atoms with Crippen molar-refractivity contribution in [2.45, 2.75) is 51.9 Å². The summed E-state index contributed by atoms with van der Waals surface area (Å²) in [4.78, 5) is 10.8. The van der Waals surface area contributed by atoms with E-state index in [1.54, 1.807) is 12.1 Å². The van der Waals surface area contributed by atoms with E-state index in [1.165, 1.54) is 0 Å². The highest BCUT2D eigenvalue weighted by Gasteiger charge is 2.29. The molecular weight excluding hydrogens is 316 g/mol. The predicted molar refractivity (Wildman–Crippen MR) is 98.2 cm³/mol. The number of aromatic hydroxyl groups is 2. The van der Waals surface area contributed by atoms with Crippen molar-refractivity contribution in [1.29, 1.82) is 0 Å². The molecule has 0 amide bonds. The Hall–Kier alpha value is -2.49. The molecule has 2 rings (SSSR count). The van der Waals surface area contributed by atoms with Gasteiger partial charge in [0.05, 0.1) is 0 Å². The third-order valence-electron chi connectivity index (χ3n) is 4.99. The van der Waals surface area contributed by atoms with Gasteiger partial charge >= 0.3 is 5.97 Å². The molecule has 2 aromatic carbocycles. The van der Waals surface area contributed by atoms with Crippen LogP contribution in [0.15, 0.2) is 36.4 Å². The maximum atomic E-state index is 10.8. The molecule has 0 aliphatic rings. The highest BCUT2D eigenvalue weighted by atomic mass is 16.4. The third kappa shape index (κ3) is 4.32. The minimum Gasteiger partial charge on any atom is -0.508 e. The number of aryl methyl sites for hydroxylation is 2. The van der Waals surface area contributed by atoms with E-state index < -0.39 is 5.97 Å².